The Hall–Kier alpha value is -1.28. The first kappa shape index (κ1) is 15.1. The molecular formula is C15H20BrN3O. The first-order valence-corrected chi connectivity index (χ1v) is 7.85. The zero-order valence-corrected chi connectivity index (χ0v) is 13.6. The number of nitriles is 1. The molecule has 108 valence electrons. The van der Waals surface area contributed by atoms with Gasteiger partial charge in [-0.2, -0.15) is 5.26 Å². The highest BCUT2D eigenvalue weighted by Crippen LogP contribution is 2.37. The molecule has 4 nitrogen and oxygen atoms in total. The molecule has 0 bridgehead atoms. The van der Waals surface area contributed by atoms with E-state index in [1.807, 2.05) is 12.3 Å². The van der Waals surface area contributed by atoms with Gasteiger partial charge in [-0.25, -0.2) is 0 Å². The Morgan fingerprint density at radius 3 is 2.85 bits per heavy atom. The van der Waals surface area contributed by atoms with Crippen molar-refractivity contribution in [2.45, 2.75) is 39.2 Å². The van der Waals surface area contributed by atoms with Gasteiger partial charge in [0.05, 0.1) is 12.5 Å². The second kappa shape index (κ2) is 6.45. The van der Waals surface area contributed by atoms with Gasteiger partial charge < -0.3 is 9.47 Å². The predicted molar refractivity (Wildman–Crippen MR) is 81.4 cm³/mol. The quantitative estimate of drug-likeness (QED) is 0.796. The Bertz CT molecular complexity index is 526. The van der Waals surface area contributed by atoms with Crippen LogP contribution in [0.4, 0.5) is 0 Å². The van der Waals surface area contributed by atoms with Gasteiger partial charge >= 0.3 is 0 Å². The normalized spacial score (nSPS) is 14.3. The van der Waals surface area contributed by atoms with Crippen molar-refractivity contribution in [3.8, 4) is 6.07 Å². The zero-order chi connectivity index (χ0) is 14.7. The lowest BCUT2D eigenvalue weighted by Gasteiger charge is -2.24. The maximum atomic E-state index is 12.7. The van der Waals surface area contributed by atoms with Crippen LogP contribution < -0.4 is 0 Å². The van der Waals surface area contributed by atoms with E-state index in [-0.39, 0.29) is 5.91 Å². The maximum Gasteiger partial charge on any atom is 0.270 e. The molecule has 0 spiro atoms. The number of carbonyl (C=O) groups excluding carboxylic acids is 1. The minimum Gasteiger partial charge on any atom is -0.339 e. The Morgan fingerprint density at radius 2 is 2.30 bits per heavy atom. The molecule has 2 rings (SSSR count). The van der Waals surface area contributed by atoms with Gasteiger partial charge in [-0.3, -0.25) is 4.79 Å². The summed E-state index contributed by atoms with van der Waals surface area (Å²) < 4.78 is 3.02. The molecule has 1 saturated carbocycles. The number of hydrogen-bond donors (Lipinski definition) is 0. The van der Waals surface area contributed by atoms with E-state index < -0.39 is 0 Å². The fourth-order valence-electron chi connectivity index (χ4n) is 2.34. The Kier molecular flexibility index (Phi) is 4.87. The van der Waals surface area contributed by atoms with Gasteiger partial charge in [-0.15, -0.1) is 0 Å². The summed E-state index contributed by atoms with van der Waals surface area (Å²) in [4.78, 5) is 14.5. The van der Waals surface area contributed by atoms with Gasteiger partial charge in [-0.1, -0.05) is 13.8 Å². The number of carbonyl (C=O) groups is 1. The van der Waals surface area contributed by atoms with Crippen molar-refractivity contribution in [1.82, 2.24) is 9.47 Å². The minimum atomic E-state index is 0.0338. The number of amides is 1. The SMILES string of the molecule is CC(C)CN(CCC#N)C(=O)c1cc(Br)cn1C1CC1. The monoisotopic (exact) mass is 337 g/mol. The smallest absolute Gasteiger partial charge is 0.270 e. The van der Waals surface area contributed by atoms with Crippen LogP contribution in [0.3, 0.4) is 0 Å². The molecule has 0 aliphatic heterocycles. The highest BCUT2D eigenvalue weighted by molar-refractivity contribution is 9.10. The average Bonchev–Trinajstić information content (AvgIpc) is 3.16. The van der Waals surface area contributed by atoms with E-state index in [4.69, 9.17) is 5.26 Å². The highest BCUT2D eigenvalue weighted by atomic mass is 79.9. The zero-order valence-electron chi connectivity index (χ0n) is 12.0. The summed E-state index contributed by atoms with van der Waals surface area (Å²) in [7, 11) is 0. The third kappa shape index (κ3) is 3.63. The number of rotatable bonds is 6. The number of halogens is 1. The Morgan fingerprint density at radius 1 is 1.60 bits per heavy atom. The number of nitrogens with zero attached hydrogens (tertiary/aromatic N) is 3. The van der Waals surface area contributed by atoms with E-state index in [1.165, 1.54) is 0 Å². The van der Waals surface area contributed by atoms with Crippen molar-refractivity contribution < 1.29 is 4.79 Å². The van der Waals surface area contributed by atoms with Gasteiger partial charge in [0.2, 0.25) is 0 Å². The van der Waals surface area contributed by atoms with Crippen molar-refractivity contribution in [2.24, 2.45) is 5.92 Å². The molecule has 1 aliphatic rings. The second-order valence-corrected chi connectivity index (χ2v) is 6.65. The summed E-state index contributed by atoms with van der Waals surface area (Å²) >= 11 is 3.46. The highest BCUT2D eigenvalue weighted by Gasteiger charge is 2.29. The van der Waals surface area contributed by atoms with Gasteiger partial charge in [0, 0.05) is 29.8 Å². The van der Waals surface area contributed by atoms with Gasteiger partial charge in [0.15, 0.2) is 0 Å². The van der Waals surface area contributed by atoms with E-state index in [0.29, 0.717) is 31.5 Å². The molecule has 1 heterocycles. The van der Waals surface area contributed by atoms with E-state index in [9.17, 15) is 4.79 Å². The Balaban J connectivity index is 2.19. The largest absolute Gasteiger partial charge is 0.339 e. The van der Waals surface area contributed by atoms with Crippen molar-refractivity contribution in [3.05, 3.63) is 22.4 Å². The minimum absolute atomic E-state index is 0.0338. The first-order valence-electron chi connectivity index (χ1n) is 7.06. The molecule has 5 heteroatoms. The molecule has 0 atom stereocenters. The molecule has 1 fully saturated rings. The van der Waals surface area contributed by atoms with Gasteiger partial charge in [-0.05, 0) is 40.8 Å². The molecular weight excluding hydrogens is 318 g/mol. The summed E-state index contributed by atoms with van der Waals surface area (Å²) in [6.45, 7) is 5.36. The van der Waals surface area contributed by atoms with Crippen LogP contribution in [0, 0.1) is 17.2 Å². The summed E-state index contributed by atoms with van der Waals surface area (Å²) in [5.41, 5.74) is 0.734. The van der Waals surface area contributed by atoms with Crippen LogP contribution in [0.15, 0.2) is 16.7 Å². The van der Waals surface area contributed by atoms with Crippen LogP contribution in [0.2, 0.25) is 0 Å². The second-order valence-electron chi connectivity index (χ2n) is 5.74. The Labute approximate surface area is 128 Å². The van der Waals surface area contributed by atoms with Crippen LogP contribution in [0.1, 0.15) is 49.6 Å². The van der Waals surface area contributed by atoms with Gasteiger partial charge in [0.25, 0.3) is 5.91 Å². The first-order chi connectivity index (χ1) is 9.52. The molecule has 0 N–H and O–H groups in total. The lowest BCUT2D eigenvalue weighted by atomic mass is 10.2. The van der Waals surface area contributed by atoms with Crippen LogP contribution >= 0.6 is 15.9 Å². The standard InChI is InChI=1S/C15H20BrN3O/c1-11(2)9-18(7-3-6-17)15(20)14-8-12(16)10-19(14)13-4-5-13/h8,10-11,13H,3-5,7,9H2,1-2H3. The summed E-state index contributed by atoms with van der Waals surface area (Å²) in [6, 6.07) is 4.48. The van der Waals surface area contributed by atoms with Crippen molar-refractivity contribution in [2.75, 3.05) is 13.1 Å². The molecule has 0 aromatic carbocycles. The van der Waals surface area contributed by atoms with Crippen LogP contribution in [-0.4, -0.2) is 28.5 Å². The van der Waals surface area contributed by atoms with Crippen LogP contribution in [-0.2, 0) is 0 Å². The summed E-state index contributed by atoms with van der Waals surface area (Å²) in [5.74, 6) is 0.428. The van der Waals surface area contributed by atoms with E-state index in [0.717, 1.165) is 23.0 Å². The van der Waals surface area contributed by atoms with Crippen LogP contribution in [0.5, 0.6) is 0 Å². The molecule has 1 aliphatic carbocycles. The molecule has 0 radical (unpaired) electrons. The summed E-state index contributed by atoms with van der Waals surface area (Å²) in [6.07, 6.45) is 4.65. The van der Waals surface area contributed by atoms with Crippen LogP contribution in [0.25, 0.3) is 0 Å². The fourth-order valence-corrected chi connectivity index (χ4v) is 2.77. The maximum absolute atomic E-state index is 12.7. The third-order valence-electron chi connectivity index (χ3n) is 3.34. The van der Waals surface area contributed by atoms with E-state index >= 15 is 0 Å². The number of hydrogen-bond acceptors (Lipinski definition) is 2. The lowest BCUT2D eigenvalue weighted by molar-refractivity contribution is 0.0729. The third-order valence-corrected chi connectivity index (χ3v) is 3.77. The number of aromatic nitrogens is 1. The molecule has 1 aromatic rings. The molecule has 20 heavy (non-hydrogen) atoms. The van der Waals surface area contributed by atoms with Gasteiger partial charge in [0.1, 0.15) is 5.69 Å². The molecule has 0 unspecified atom stereocenters. The predicted octanol–water partition coefficient (Wildman–Crippen LogP) is 3.60. The molecule has 1 amide bonds. The topological polar surface area (TPSA) is 49.0 Å². The van der Waals surface area contributed by atoms with E-state index in [1.54, 1.807) is 4.90 Å². The van der Waals surface area contributed by atoms with Crippen molar-refractivity contribution >= 4 is 21.8 Å². The average molecular weight is 338 g/mol. The van der Waals surface area contributed by atoms with E-state index in [2.05, 4.69) is 40.4 Å². The lowest BCUT2D eigenvalue weighted by Crippen LogP contribution is -2.36. The van der Waals surface area contributed by atoms with Crippen molar-refractivity contribution in [1.29, 1.82) is 5.26 Å². The summed E-state index contributed by atoms with van der Waals surface area (Å²) in [5, 5.41) is 8.76. The fraction of sp³-hybridized carbons (Fsp3) is 0.600. The van der Waals surface area contributed by atoms with Crippen molar-refractivity contribution in [3.63, 3.8) is 0 Å². The molecule has 0 saturated heterocycles. The molecule has 1 aromatic heterocycles.